The first-order valence-corrected chi connectivity index (χ1v) is 4.24. The summed E-state index contributed by atoms with van der Waals surface area (Å²) in [6.07, 6.45) is 0. The standard InChI is InChI=1S/C6H5Cl.C3H3NOS.H2O/c7-6-4-2-1-3-5-6;1-3(5)4-2-6;/h1-5H;1H3;1H2. The van der Waals surface area contributed by atoms with Gasteiger partial charge in [-0.05, 0) is 24.4 Å². The van der Waals surface area contributed by atoms with E-state index in [1.807, 2.05) is 35.5 Å². The Kier molecular flexibility index (Phi) is 11.0. The van der Waals surface area contributed by atoms with Crippen LogP contribution in [0.15, 0.2) is 35.3 Å². The first kappa shape index (κ1) is 15.4. The van der Waals surface area contributed by atoms with Crippen molar-refractivity contribution in [2.75, 3.05) is 0 Å². The molecular formula is C9H10ClNO2S. The summed E-state index contributed by atoms with van der Waals surface area (Å²) in [7, 11) is 0. The van der Waals surface area contributed by atoms with Crippen molar-refractivity contribution < 1.29 is 10.3 Å². The minimum Gasteiger partial charge on any atom is -0.412 e. The highest BCUT2D eigenvalue weighted by molar-refractivity contribution is 7.78. The summed E-state index contributed by atoms with van der Waals surface area (Å²) in [4.78, 5) is 12.8. The van der Waals surface area contributed by atoms with Crippen molar-refractivity contribution >= 4 is 34.9 Å². The average molecular weight is 232 g/mol. The molecule has 0 spiro atoms. The zero-order valence-corrected chi connectivity index (χ0v) is 9.10. The van der Waals surface area contributed by atoms with Gasteiger partial charge in [0.05, 0.1) is 5.16 Å². The summed E-state index contributed by atoms with van der Waals surface area (Å²) in [5, 5.41) is 2.72. The van der Waals surface area contributed by atoms with E-state index in [2.05, 4.69) is 17.2 Å². The van der Waals surface area contributed by atoms with Crippen molar-refractivity contribution in [3.8, 4) is 0 Å². The Morgan fingerprint density at radius 1 is 1.43 bits per heavy atom. The topological polar surface area (TPSA) is 60.9 Å². The van der Waals surface area contributed by atoms with Crippen molar-refractivity contribution in [3.63, 3.8) is 0 Å². The molecule has 2 N–H and O–H groups in total. The van der Waals surface area contributed by atoms with Crippen LogP contribution in [0.2, 0.25) is 5.02 Å². The maximum Gasteiger partial charge on any atom is 0.251 e. The number of halogens is 1. The van der Waals surface area contributed by atoms with Gasteiger partial charge in [0.2, 0.25) is 0 Å². The molecule has 0 saturated carbocycles. The zero-order valence-electron chi connectivity index (χ0n) is 7.53. The minimum atomic E-state index is -0.301. The Morgan fingerprint density at radius 3 is 2.07 bits per heavy atom. The molecule has 1 rings (SSSR count). The number of aliphatic imine (C=N–C) groups is 1. The molecule has 5 heteroatoms. The SMILES string of the molecule is CC(=O)N=C=S.Clc1ccccc1.O. The van der Waals surface area contributed by atoms with Crippen molar-refractivity contribution in [1.82, 2.24) is 0 Å². The smallest absolute Gasteiger partial charge is 0.251 e. The first-order valence-electron chi connectivity index (χ1n) is 3.46. The maximum absolute atomic E-state index is 9.75. The molecule has 0 aliphatic carbocycles. The molecular weight excluding hydrogens is 222 g/mol. The number of isothiocyanates is 1. The molecule has 1 aromatic carbocycles. The van der Waals surface area contributed by atoms with Crippen LogP contribution in [0.1, 0.15) is 6.92 Å². The lowest BCUT2D eigenvalue weighted by molar-refractivity contribution is -0.115. The van der Waals surface area contributed by atoms with E-state index < -0.39 is 0 Å². The molecule has 0 atom stereocenters. The van der Waals surface area contributed by atoms with Crippen molar-refractivity contribution in [2.24, 2.45) is 4.99 Å². The molecule has 14 heavy (non-hydrogen) atoms. The fourth-order valence-electron chi connectivity index (χ4n) is 0.479. The van der Waals surface area contributed by atoms with Gasteiger partial charge in [-0.25, -0.2) is 0 Å². The molecule has 1 amide bonds. The maximum atomic E-state index is 9.75. The predicted molar refractivity (Wildman–Crippen MR) is 60.8 cm³/mol. The third-order valence-electron chi connectivity index (χ3n) is 0.936. The highest BCUT2D eigenvalue weighted by atomic mass is 35.5. The Bertz CT molecular complexity index is 310. The van der Waals surface area contributed by atoms with E-state index in [1.54, 1.807) is 0 Å². The van der Waals surface area contributed by atoms with E-state index in [-0.39, 0.29) is 11.4 Å². The Balaban J connectivity index is 0. The fraction of sp³-hybridized carbons (Fsp3) is 0.111. The molecule has 0 unspecified atom stereocenters. The zero-order chi connectivity index (χ0) is 10.1. The van der Waals surface area contributed by atoms with Gasteiger partial charge in [0.25, 0.3) is 5.91 Å². The summed E-state index contributed by atoms with van der Waals surface area (Å²) >= 11 is 9.63. The van der Waals surface area contributed by atoms with Crippen molar-refractivity contribution in [3.05, 3.63) is 35.4 Å². The van der Waals surface area contributed by atoms with Crippen molar-refractivity contribution in [1.29, 1.82) is 0 Å². The largest absolute Gasteiger partial charge is 0.412 e. The number of carbonyl (C=O) groups is 1. The van der Waals surface area contributed by atoms with E-state index in [0.717, 1.165) is 5.02 Å². The quantitative estimate of drug-likeness (QED) is 0.507. The van der Waals surface area contributed by atoms with E-state index in [1.165, 1.54) is 6.92 Å². The molecule has 1 aromatic rings. The highest BCUT2D eigenvalue weighted by Gasteiger charge is 1.75. The third-order valence-corrected chi connectivity index (χ3v) is 1.28. The number of hydrogen-bond acceptors (Lipinski definition) is 2. The van der Waals surface area contributed by atoms with Gasteiger partial charge in [-0.15, -0.1) is 0 Å². The molecule has 0 bridgehead atoms. The molecule has 0 aliphatic heterocycles. The molecule has 3 nitrogen and oxygen atoms in total. The van der Waals surface area contributed by atoms with Gasteiger partial charge in [0, 0.05) is 11.9 Å². The molecule has 0 heterocycles. The lowest BCUT2D eigenvalue weighted by atomic mass is 10.4. The Labute approximate surface area is 92.7 Å². The van der Waals surface area contributed by atoms with E-state index >= 15 is 0 Å². The molecule has 0 saturated heterocycles. The van der Waals surface area contributed by atoms with Gasteiger partial charge in [-0.3, -0.25) is 4.79 Å². The number of thiocarbonyl (C=S) groups is 1. The summed E-state index contributed by atoms with van der Waals surface area (Å²) in [6.45, 7) is 1.32. The van der Waals surface area contributed by atoms with Gasteiger partial charge in [-0.1, -0.05) is 29.8 Å². The normalized spacial score (nSPS) is 7.00. The van der Waals surface area contributed by atoms with Gasteiger partial charge in [0.1, 0.15) is 0 Å². The predicted octanol–water partition coefficient (Wildman–Crippen LogP) is 2.15. The van der Waals surface area contributed by atoms with Crippen LogP contribution in [0, 0.1) is 0 Å². The third kappa shape index (κ3) is 10.9. The molecule has 0 radical (unpaired) electrons. The van der Waals surface area contributed by atoms with Gasteiger partial charge >= 0.3 is 0 Å². The second kappa shape index (κ2) is 10.0. The fourth-order valence-corrected chi connectivity index (χ4v) is 0.753. The molecule has 0 aromatic heterocycles. The summed E-state index contributed by atoms with van der Waals surface area (Å²) in [6, 6.07) is 9.44. The van der Waals surface area contributed by atoms with Crippen LogP contribution in [0.4, 0.5) is 0 Å². The average Bonchev–Trinajstić information content (AvgIpc) is 2.06. The van der Waals surface area contributed by atoms with Crippen LogP contribution in [0.3, 0.4) is 0 Å². The Morgan fingerprint density at radius 2 is 1.93 bits per heavy atom. The molecule has 76 valence electrons. The second-order valence-electron chi connectivity index (χ2n) is 2.02. The lowest BCUT2D eigenvalue weighted by Gasteiger charge is -1.80. The molecule has 0 fully saturated rings. The van der Waals surface area contributed by atoms with Crippen molar-refractivity contribution in [2.45, 2.75) is 6.92 Å². The Hall–Kier alpha value is -1.06. The van der Waals surface area contributed by atoms with Gasteiger partial charge in [-0.2, -0.15) is 4.99 Å². The molecule has 0 aliphatic rings. The van der Waals surface area contributed by atoms with Crippen LogP contribution < -0.4 is 0 Å². The minimum absolute atomic E-state index is 0. The lowest BCUT2D eigenvalue weighted by Crippen LogP contribution is -1.76. The monoisotopic (exact) mass is 231 g/mol. The van der Waals surface area contributed by atoms with Crippen LogP contribution in [0.25, 0.3) is 0 Å². The summed E-state index contributed by atoms with van der Waals surface area (Å²) in [5.74, 6) is -0.301. The number of nitrogens with zero attached hydrogens (tertiary/aromatic N) is 1. The number of amides is 1. The van der Waals surface area contributed by atoms with Crippen LogP contribution in [0.5, 0.6) is 0 Å². The second-order valence-corrected chi connectivity index (χ2v) is 2.64. The van der Waals surface area contributed by atoms with Crippen LogP contribution >= 0.6 is 23.8 Å². The van der Waals surface area contributed by atoms with E-state index in [9.17, 15) is 4.79 Å². The van der Waals surface area contributed by atoms with E-state index in [0.29, 0.717) is 0 Å². The number of benzene rings is 1. The number of rotatable bonds is 0. The van der Waals surface area contributed by atoms with Crippen LogP contribution in [-0.4, -0.2) is 16.5 Å². The number of hydrogen-bond donors (Lipinski definition) is 0. The van der Waals surface area contributed by atoms with Crippen LogP contribution in [-0.2, 0) is 4.79 Å². The van der Waals surface area contributed by atoms with Gasteiger partial charge in [0.15, 0.2) is 0 Å². The summed E-state index contributed by atoms with van der Waals surface area (Å²) in [5.41, 5.74) is 0. The van der Waals surface area contributed by atoms with E-state index in [4.69, 9.17) is 11.6 Å². The summed E-state index contributed by atoms with van der Waals surface area (Å²) < 4.78 is 0. The first-order chi connectivity index (χ1) is 6.16. The van der Waals surface area contributed by atoms with Gasteiger partial charge < -0.3 is 5.48 Å². The highest BCUT2D eigenvalue weighted by Crippen LogP contribution is 2.03. The number of carbonyl (C=O) groups excluding carboxylic acids is 1.